The van der Waals surface area contributed by atoms with Crippen LogP contribution >= 0.6 is 0 Å². The van der Waals surface area contributed by atoms with E-state index in [0.29, 0.717) is 12.5 Å². The van der Waals surface area contributed by atoms with Crippen molar-refractivity contribution in [3.05, 3.63) is 23.8 Å². The number of likely N-dealkylation sites (tertiary alicyclic amines) is 1. The highest BCUT2D eigenvalue weighted by Gasteiger charge is 2.21. The van der Waals surface area contributed by atoms with Gasteiger partial charge in [0.15, 0.2) is 11.5 Å². The Morgan fingerprint density at radius 1 is 1.24 bits per heavy atom. The molecule has 1 fully saturated rings. The Kier molecular flexibility index (Phi) is 5.44. The average Bonchev–Trinajstić information content (AvgIpc) is 2.52. The van der Waals surface area contributed by atoms with E-state index < -0.39 is 5.97 Å². The fourth-order valence-electron chi connectivity index (χ4n) is 2.85. The molecule has 0 saturated carbocycles. The van der Waals surface area contributed by atoms with E-state index in [1.54, 1.807) is 14.2 Å². The number of hydrogen-bond donors (Lipinski definition) is 1. The van der Waals surface area contributed by atoms with Gasteiger partial charge in [-0.2, -0.15) is 0 Å². The standard InChI is InChI=1S/C16H23NO4/c1-20-14-4-3-13(11-15(14)21-2)12-5-8-17(9-6-12)10-7-16(18)19/h3-4,11-12H,5-10H2,1-2H3,(H,18,19). The van der Waals surface area contributed by atoms with E-state index >= 15 is 0 Å². The monoisotopic (exact) mass is 293 g/mol. The Morgan fingerprint density at radius 2 is 1.90 bits per heavy atom. The van der Waals surface area contributed by atoms with Gasteiger partial charge in [-0.3, -0.25) is 4.79 Å². The molecule has 1 heterocycles. The minimum absolute atomic E-state index is 0.223. The van der Waals surface area contributed by atoms with Crippen LogP contribution in [0.25, 0.3) is 0 Å². The van der Waals surface area contributed by atoms with Crippen LogP contribution in [0, 0.1) is 0 Å². The molecule has 1 aliphatic rings. The van der Waals surface area contributed by atoms with Crippen LogP contribution < -0.4 is 9.47 Å². The molecule has 0 unspecified atom stereocenters. The summed E-state index contributed by atoms with van der Waals surface area (Å²) in [6.45, 7) is 2.55. The fourth-order valence-corrected chi connectivity index (χ4v) is 2.85. The second kappa shape index (κ2) is 7.31. The van der Waals surface area contributed by atoms with Crippen LogP contribution in [0.5, 0.6) is 11.5 Å². The minimum atomic E-state index is -0.725. The van der Waals surface area contributed by atoms with E-state index in [4.69, 9.17) is 14.6 Å². The minimum Gasteiger partial charge on any atom is -0.493 e. The SMILES string of the molecule is COc1ccc(C2CCN(CCC(=O)O)CC2)cc1OC. The summed E-state index contributed by atoms with van der Waals surface area (Å²) < 4.78 is 10.6. The van der Waals surface area contributed by atoms with Crippen LogP contribution in [0.4, 0.5) is 0 Å². The van der Waals surface area contributed by atoms with Crippen molar-refractivity contribution >= 4 is 5.97 Å². The topological polar surface area (TPSA) is 59.0 Å². The quantitative estimate of drug-likeness (QED) is 0.872. The predicted octanol–water partition coefficient (Wildman–Crippen LogP) is 2.36. The second-order valence-electron chi connectivity index (χ2n) is 5.37. The Hall–Kier alpha value is -1.75. The Balaban J connectivity index is 1.94. The van der Waals surface area contributed by atoms with Crippen molar-refractivity contribution in [3.8, 4) is 11.5 Å². The van der Waals surface area contributed by atoms with Gasteiger partial charge in [0.1, 0.15) is 0 Å². The fraction of sp³-hybridized carbons (Fsp3) is 0.562. The third-order valence-corrected chi connectivity index (χ3v) is 4.11. The zero-order valence-corrected chi connectivity index (χ0v) is 12.7. The van der Waals surface area contributed by atoms with Gasteiger partial charge in [-0.15, -0.1) is 0 Å². The van der Waals surface area contributed by atoms with E-state index in [1.165, 1.54) is 5.56 Å². The molecule has 1 N–H and O–H groups in total. The Labute approximate surface area is 125 Å². The molecule has 0 aromatic heterocycles. The highest BCUT2D eigenvalue weighted by molar-refractivity contribution is 5.66. The van der Waals surface area contributed by atoms with Crippen molar-refractivity contribution in [2.45, 2.75) is 25.2 Å². The summed E-state index contributed by atoms with van der Waals surface area (Å²) in [5, 5.41) is 8.73. The lowest BCUT2D eigenvalue weighted by atomic mass is 9.89. The van der Waals surface area contributed by atoms with Crippen LogP contribution in [0.1, 0.15) is 30.7 Å². The number of ether oxygens (including phenoxy) is 2. The van der Waals surface area contributed by atoms with Crippen molar-refractivity contribution in [3.63, 3.8) is 0 Å². The lowest BCUT2D eigenvalue weighted by Crippen LogP contribution is -2.34. The normalized spacial score (nSPS) is 16.7. The largest absolute Gasteiger partial charge is 0.493 e. The van der Waals surface area contributed by atoms with Crippen molar-refractivity contribution in [2.24, 2.45) is 0 Å². The molecule has 0 radical (unpaired) electrons. The lowest BCUT2D eigenvalue weighted by molar-refractivity contribution is -0.137. The van der Waals surface area contributed by atoms with Crippen LogP contribution in [-0.2, 0) is 4.79 Å². The summed E-state index contributed by atoms with van der Waals surface area (Å²) >= 11 is 0. The maximum atomic E-state index is 10.6. The predicted molar refractivity (Wildman–Crippen MR) is 80.2 cm³/mol. The highest BCUT2D eigenvalue weighted by atomic mass is 16.5. The summed E-state index contributed by atoms with van der Waals surface area (Å²) in [7, 11) is 3.29. The van der Waals surface area contributed by atoms with Crippen molar-refractivity contribution in [2.75, 3.05) is 33.9 Å². The number of aliphatic carboxylic acids is 1. The van der Waals surface area contributed by atoms with Gasteiger partial charge in [-0.05, 0) is 49.5 Å². The number of carbonyl (C=O) groups is 1. The number of benzene rings is 1. The Bertz CT molecular complexity index is 481. The van der Waals surface area contributed by atoms with E-state index in [9.17, 15) is 4.79 Å². The van der Waals surface area contributed by atoms with Crippen LogP contribution in [-0.4, -0.2) is 49.8 Å². The molecule has 1 saturated heterocycles. The van der Waals surface area contributed by atoms with Gasteiger partial charge in [0.05, 0.1) is 20.6 Å². The molecule has 0 aliphatic carbocycles. The van der Waals surface area contributed by atoms with Crippen molar-refractivity contribution in [1.82, 2.24) is 4.90 Å². The first-order chi connectivity index (χ1) is 10.1. The number of methoxy groups -OCH3 is 2. The molecular weight excluding hydrogens is 270 g/mol. The van der Waals surface area contributed by atoms with Crippen molar-refractivity contribution < 1.29 is 19.4 Å². The van der Waals surface area contributed by atoms with Gasteiger partial charge in [0.2, 0.25) is 0 Å². The van der Waals surface area contributed by atoms with Gasteiger partial charge < -0.3 is 19.5 Å². The first-order valence-electron chi connectivity index (χ1n) is 7.30. The molecule has 116 valence electrons. The lowest BCUT2D eigenvalue weighted by Gasteiger charge is -2.32. The number of carboxylic acid groups (broad SMARTS) is 1. The first kappa shape index (κ1) is 15.6. The van der Waals surface area contributed by atoms with Crippen LogP contribution in [0.2, 0.25) is 0 Å². The van der Waals surface area contributed by atoms with E-state index in [1.807, 2.05) is 6.07 Å². The maximum absolute atomic E-state index is 10.6. The first-order valence-corrected chi connectivity index (χ1v) is 7.30. The summed E-state index contributed by atoms with van der Waals surface area (Å²) in [4.78, 5) is 12.8. The number of piperidine rings is 1. The molecule has 1 aliphatic heterocycles. The van der Waals surface area contributed by atoms with E-state index in [2.05, 4.69) is 17.0 Å². The van der Waals surface area contributed by atoms with Gasteiger partial charge in [0, 0.05) is 6.54 Å². The molecule has 0 spiro atoms. The van der Waals surface area contributed by atoms with Crippen LogP contribution in [0.15, 0.2) is 18.2 Å². The van der Waals surface area contributed by atoms with Gasteiger partial charge >= 0.3 is 5.97 Å². The third kappa shape index (κ3) is 4.11. The molecular formula is C16H23NO4. The molecule has 21 heavy (non-hydrogen) atoms. The van der Waals surface area contributed by atoms with Gasteiger partial charge in [-0.25, -0.2) is 0 Å². The third-order valence-electron chi connectivity index (χ3n) is 4.11. The smallest absolute Gasteiger partial charge is 0.304 e. The number of rotatable bonds is 6. The molecule has 5 nitrogen and oxygen atoms in total. The summed E-state index contributed by atoms with van der Waals surface area (Å²) in [6, 6.07) is 6.10. The summed E-state index contributed by atoms with van der Waals surface area (Å²) in [6.07, 6.45) is 2.32. The second-order valence-corrected chi connectivity index (χ2v) is 5.37. The van der Waals surface area contributed by atoms with Crippen LogP contribution in [0.3, 0.4) is 0 Å². The molecule has 0 atom stereocenters. The highest BCUT2D eigenvalue weighted by Crippen LogP contribution is 2.34. The van der Waals surface area contributed by atoms with Crippen molar-refractivity contribution in [1.29, 1.82) is 0 Å². The van der Waals surface area contributed by atoms with Gasteiger partial charge in [0.25, 0.3) is 0 Å². The number of carboxylic acids is 1. The van der Waals surface area contributed by atoms with E-state index in [-0.39, 0.29) is 6.42 Å². The number of hydrogen-bond acceptors (Lipinski definition) is 4. The molecule has 5 heteroatoms. The Morgan fingerprint density at radius 3 is 2.48 bits per heavy atom. The zero-order valence-electron chi connectivity index (χ0n) is 12.7. The summed E-state index contributed by atoms with van der Waals surface area (Å²) in [5.74, 6) is 1.30. The summed E-state index contributed by atoms with van der Waals surface area (Å²) in [5.41, 5.74) is 1.27. The molecule has 1 aromatic rings. The average molecular weight is 293 g/mol. The van der Waals surface area contributed by atoms with E-state index in [0.717, 1.165) is 37.4 Å². The zero-order chi connectivity index (χ0) is 15.2. The molecule has 0 amide bonds. The molecule has 0 bridgehead atoms. The molecule has 2 rings (SSSR count). The maximum Gasteiger partial charge on any atom is 0.304 e. The molecule has 1 aromatic carbocycles. The number of nitrogens with zero attached hydrogens (tertiary/aromatic N) is 1. The van der Waals surface area contributed by atoms with Gasteiger partial charge in [-0.1, -0.05) is 6.07 Å².